The van der Waals surface area contributed by atoms with E-state index in [0.717, 1.165) is 34.1 Å². The number of nitrogens with zero attached hydrogens (tertiary/aromatic N) is 2. The average Bonchev–Trinajstić information content (AvgIpc) is 2.97. The molecule has 0 saturated heterocycles. The number of benzene rings is 1. The molecule has 0 saturated carbocycles. The molecule has 0 aliphatic carbocycles. The Labute approximate surface area is 122 Å². The molecule has 1 aromatic carbocycles. The molecule has 100 valence electrons. The Hall–Kier alpha value is -2.20. The van der Waals surface area contributed by atoms with Crippen LogP contribution in [-0.2, 0) is 6.42 Å². The minimum atomic E-state index is 0.766. The summed E-state index contributed by atoms with van der Waals surface area (Å²) in [4.78, 5) is 9.17. The van der Waals surface area contributed by atoms with Crippen LogP contribution in [0.1, 0.15) is 12.5 Å². The van der Waals surface area contributed by atoms with E-state index in [1.807, 2.05) is 36.5 Å². The first-order valence-corrected chi connectivity index (χ1v) is 7.41. The Bertz CT molecular complexity index is 717. The first-order chi connectivity index (χ1) is 9.78. The molecule has 3 rings (SSSR count). The molecule has 20 heavy (non-hydrogen) atoms. The first kappa shape index (κ1) is 12.8. The Kier molecular flexibility index (Phi) is 3.48. The lowest BCUT2D eigenvalue weighted by molar-refractivity contribution is 1.10. The number of nitrogens with two attached hydrogens (primary N) is 1. The Morgan fingerprint density at radius 2 is 1.95 bits per heavy atom. The van der Waals surface area contributed by atoms with Crippen LogP contribution >= 0.6 is 11.3 Å². The maximum absolute atomic E-state index is 5.71. The Morgan fingerprint density at radius 1 is 1.15 bits per heavy atom. The minimum absolute atomic E-state index is 0.766. The van der Waals surface area contributed by atoms with Gasteiger partial charge in [0.2, 0.25) is 0 Å². The number of hydrogen-bond donors (Lipinski definition) is 1. The molecule has 0 bridgehead atoms. The van der Waals surface area contributed by atoms with Crippen molar-refractivity contribution in [2.24, 2.45) is 0 Å². The van der Waals surface area contributed by atoms with Gasteiger partial charge in [0.05, 0.1) is 5.69 Å². The molecule has 0 atom stereocenters. The molecule has 2 heterocycles. The van der Waals surface area contributed by atoms with E-state index in [2.05, 4.69) is 23.4 Å². The van der Waals surface area contributed by atoms with Crippen molar-refractivity contribution in [3.05, 3.63) is 53.5 Å². The van der Waals surface area contributed by atoms with Gasteiger partial charge in [-0.1, -0.05) is 25.1 Å². The van der Waals surface area contributed by atoms with Crippen LogP contribution < -0.4 is 5.73 Å². The second-order valence-electron chi connectivity index (χ2n) is 4.52. The predicted molar refractivity (Wildman–Crippen MR) is 84.6 cm³/mol. The number of hydrogen-bond acceptors (Lipinski definition) is 4. The minimum Gasteiger partial charge on any atom is -0.399 e. The van der Waals surface area contributed by atoms with Gasteiger partial charge in [0, 0.05) is 22.8 Å². The van der Waals surface area contributed by atoms with E-state index in [0.29, 0.717) is 0 Å². The van der Waals surface area contributed by atoms with E-state index >= 15 is 0 Å². The van der Waals surface area contributed by atoms with Crippen molar-refractivity contribution in [2.45, 2.75) is 13.3 Å². The zero-order valence-corrected chi connectivity index (χ0v) is 12.0. The maximum atomic E-state index is 5.71. The molecule has 3 aromatic rings. The quantitative estimate of drug-likeness (QED) is 0.738. The van der Waals surface area contributed by atoms with E-state index in [9.17, 15) is 0 Å². The van der Waals surface area contributed by atoms with Crippen LogP contribution in [0.2, 0.25) is 0 Å². The van der Waals surface area contributed by atoms with Crippen molar-refractivity contribution in [1.29, 1.82) is 0 Å². The highest BCUT2D eigenvalue weighted by Gasteiger charge is 2.10. The van der Waals surface area contributed by atoms with Gasteiger partial charge in [-0.3, -0.25) is 4.98 Å². The zero-order chi connectivity index (χ0) is 13.9. The highest BCUT2D eigenvalue weighted by Crippen LogP contribution is 2.30. The third kappa shape index (κ3) is 2.42. The first-order valence-electron chi connectivity index (χ1n) is 6.53. The van der Waals surface area contributed by atoms with Crippen molar-refractivity contribution in [3.8, 4) is 22.0 Å². The van der Waals surface area contributed by atoms with Gasteiger partial charge < -0.3 is 5.73 Å². The van der Waals surface area contributed by atoms with E-state index in [-0.39, 0.29) is 0 Å². The molecule has 0 radical (unpaired) electrons. The van der Waals surface area contributed by atoms with Crippen LogP contribution in [0.5, 0.6) is 0 Å². The lowest BCUT2D eigenvalue weighted by Crippen LogP contribution is -1.90. The molecule has 2 aromatic heterocycles. The van der Waals surface area contributed by atoms with Crippen molar-refractivity contribution in [3.63, 3.8) is 0 Å². The Balaban J connectivity index is 2.00. The van der Waals surface area contributed by atoms with Crippen LogP contribution in [-0.4, -0.2) is 9.97 Å². The number of pyridine rings is 1. The van der Waals surface area contributed by atoms with Gasteiger partial charge in [0.25, 0.3) is 0 Å². The number of aromatic nitrogens is 2. The third-order valence-electron chi connectivity index (χ3n) is 3.19. The molecule has 0 fully saturated rings. The standard InChI is InChI=1S/C16H15N3S/c1-2-11-4-3-9-18-15(11)16-19-14(10-20-16)12-5-7-13(17)8-6-12/h3-10H,2,17H2,1H3. The fraction of sp³-hybridized carbons (Fsp3) is 0.125. The molecular weight excluding hydrogens is 266 g/mol. The largest absolute Gasteiger partial charge is 0.399 e. The lowest BCUT2D eigenvalue weighted by atomic mass is 10.1. The summed E-state index contributed by atoms with van der Waals surface area (Å²) in [5.74, 6) is 0. The van der Waals surface area contributed by atoms with Crippen LogP contribution in [0.4, 0.5) is 5.69 Å². The highest BCUT2D eigenvalue weighted by atomic mass is 32.1. The van der Waals surface area contributed by atoms with Gasteiger partial charge in [-0.25, -0.2) is 4.98 Å². The number of rotatable bonds is 3. The topological polar surface area (TPSA) is 51.8 Å². The fourth-order valence-corrected chi connectivity index (χ4v) is 2.94. The maximum Gasteiger partial charge on any atom is 0.142 e. The molecule has 0 spiro atoms. The second-order valence-corrected chi connectivity index (χ2v) is 5.38. The lowest BCUT2D eigenvalue weighted by Gasteiger charge is -2.02. The smallest absolute Gasteiger partial charge is 0.142 e. The summed E-state index contributed by atoms with van der Waals surface area (Å²) >= 11 is 1.63. The molecule has 0 aliphatic rings. The highest BCUT2D eigenvalue weighted by molar-refractivity contribution is 7.13. The zero-order valence-electron chi connectivity index (χ0n) is 11.2. The number of nitrogen functional groups attached to an aromatic ring is 1. The SMILES string of the molecule is CCc1cccnc1-c1nc(-c2ccc(N)cc2)cs1. The summed E-state index contributed by atoms with van der Waals surface area (Å²) in [5, 5.41) is 3.03. The second kappa shape index (κ2) is 5.43. The molecule has 0 amide bonds. The van der Waals surface area contributed by atoms with Crippen molar-refractivity contribution in [2.75, 3.05) is 5.73 Å². The van der Waals surface area contributed by atoms with Gasteiger partial charge >= 0.3 is 0 Å². The van der Waals surface area contributed by atoms with Crippen molar-refractivity contribution in [1.82, 2.24) is 9.97 Å². The van der Waals surface area contributed by atoms with Crippen LogP contribution in [0.3, 0.4) is 0 Å². The van der Waals surface area contributed by atoms with Crippen LogP contribution in [0.15, 0.2) is 48.0 Å². The molecule has 0 unspecified atom stereocenters. The van der Waals surface area contributed by atoms with Crippen molar-refractivity contribution < 1.29 is 0 Å². The summed E-state index contributed by atoms with van der Waals surface area (Å²) in [5.41, 5.74) is 10.7. The number of anilines is 1. The van der Waals surface area contributed by atoms with Gasteiger partial charge in [-0.05, 0) is 30.2 Å². The van der Waals surface area contributed by atoms with Gasteiger partial charge in [-0.15, -0.1) is 11.3 Å². The van der Waals surface area contributed by atoms with Crippen LogP contribution in [0, 0.1) is 0 Å². The number of thiazole rings is 1. The fourth-order valence-electron chi connectivity index (χ4n) is 2.09. The number of aryl methyl sites for hydroxylation is 1. The van der Waals surface area contributed by atoms with Gasteiger partial charge in [-0.2, -0.15) is 0 Å². The molecular formula is C16H15N3S. The summed E-state index contributed by atoms with van der Waals surface area (Å²) in [6, 6.07) is 11.9. The summed E-state index contributed by atoms with van der Waals surface area (Å²) in [7, 11) is 0. The van der Waals surface area contributed by atoms with Crippen molar-refractivity contribution >= 4 is 17.0 Å². The summed E-state index contributed by atoms with van der Waals surface area (Å²) in [6.45, 7) is 2.13. The van der Waals surface area contributed by atoms with Gasteiger partial charge in [0.15, 0.2) is 0 Å². The molecule has 3 nitrogen and oxygen atoms in total. The Morgan fingerprint density at radius 3 is 2.70 bits per heavy atom. The molecule has 4 heteroatoms. The van der Waals surface area contributed by atoms with E-state index in [4.69, 9.17) is 10.7 Å². The molecule has 0 aliphatic heterocycles. The summed E-state index contributed by atoms with van der Waals surface area (Å²) in [6.07, 6.45) is 2.78. The van der Waals surface area contributed by atoms with Gasteiger partial charge in [0.1, 0.15) is 10.7 Å². The normalized spacial score (nSPS) is 10.7. The van der Waals surface area contributed by atoms with E-state index in [1.54, 1.807) is 11.3 Å². The molecule has 2 N–H and O–H groups in total. The third-order valence-corrected chi connectivity index (χ3v) is 4.03. The average molecular weight is 281 g/mol. The monoisotopic (exact) mass is 281 g/mol. The van der Waals surface area contributed by atoms with E-state index < -0.39 is 0 Å². The summed E-state index contributed by atoms with van der Waals surface area (Å²) < 4.78 is 0. The van der Waals surface area contributed by atoms with Crippen LogP contribution in [0.25, 0.3) is 22.0 Å². The predicted octanol–water partition coefficient (Wildman–Crippen LogP) is 4.02. The van der Waals surface area contributed by atoms with E-state index in [1.165, 1.54) is 5.56 Å².